The summed E-state index contributed by atoms with van der Waals surface area (Å²) in [7, 11) is 2.85. The third-order valence-electron chi connectivity index (χ3n) is 4.10. The molecule has 0 saturated heterocycles. The van der Waals surface area contributed by atoms with E-state index in [1.54, 1.807) is 6.92 Å². The van der Waals surface area contributed by atoms with Crippen LogP contribution in [0.5, 0.6) is 0 Å². The topological polar surface area (TPSA) is 52.6 Å². The number of allylic oxidation sites excluding steroid dienone is 2. The number of rotatable bonds is 5. The first kappa shape index (κ1) is 17.8. The highest BCUT2D eigenvalue weighted by Crippen LogP contribution is 2.37. The van der Waals surface area contributed by atoms with Crippen molar-refractivity contribution in [3.05, 3.63) is 22.8 Å². The number of hydrogen-bond acceptors (Lipinski definition) is 4. The molecule has 0 bridgehead atoms. The molecule has 0 radical (unpaired) electrons. The van der Waals surface area contributed by atoms with Gasteiger partial charge < -0.3 is 9.47 Å². The molecule has 0 amide bonds. The summed E-state index contributed by atoms with van der Waals surface area (Å²) in [5.74, 6) is -0.332. The first-order valence-corrected chi connectivity index (χ1v) is 7.24. The van der Waals surface area contributed by atoms with Gasteiger partial charge in [0, 0.05) is 30.8 Å². The maximum absolute atomic E-state index is 12.8. The number of ether oxygens (including phenoxy) is 2. The highest BCUT2D eigenvalue weighted by molar-refractivity contribution is 6.16. The summed E-state index contributed by atoms with van der Waals surface area (Å²) >= 11 is 0. The van der Waals surface area contributed by atoms with Crippen LogP contribution in [0.3, 0.4) is 0 Å². The molecule has 0 heterocycles. The Morgan fingerprint density at radius 3 is 2.05 bits per heavy atom. The molecule has 21 heavy (non-hydrogen) atoms. The maximum atomic E-state index is 12.8. The summed E-state index contributed by atoms with van der Waals surface area (Å²) in [6.07, 6.45) is 1.25. The van der Waals surface area contributed by atoms with Crippen LogP contribution in [0.4, 0.5) is 0 Å². The van der Waals surface area contributed by atoms with E-state index in [1.807, 2.05) is 20.8 Å². The Labute approximate surface area is 127 Å². The smallest absolute Gasteiger partial charge is 0.191 e. The molecular formula is C17H26O4. The molecule has 0 aromatic rings. The van der Waals surface area contributed by atoms with Gasteiger partial charge in [-0.25, -0.2) is 0 Å². The van der Waals surface area contributed by atoms with Gasteiger partial charge in [-0.1, -0.05) is 32.4 Å². The molecule has 0 aromatic heterocycles. The van der Waals surface area contributed by atoms with Gasteiger partial charge in [-0.05, 0) is 20.3 Å². The SMILES string of the molecule is CC/C(C)=C/C(C)(C)C1=C(C)C(=O)C(OC)C(OC)C1=O. The van der Waals surface area contributed by atoms with Crippen molar-refractivity contribution in [1.29, 1.82) is 0 Å². The lowest BCUT2D eigenvalue weighted by Crippen LogP contribution is -2.49. The molecule has 4 heteroatoms. The van der Waals surface area contributed by atoms with Crippen LogP contribution >= 0.6 is 0 Å². The molecule has 0 fully saturated rings. The van der Waals surface area contributed by atoms with Gasteiger partial charge in [-0.2, -0.15) is 0 Å². The number of hydrogen-bond donors (Lipinski definition) is 0. The molecule has 1 aliphatic carbocycles. The van der Waals surface area contributed by atoms with Crippen molar-refractivity contribution in [2.45, 2.75) is 53.2 Å². The minimum atomic E-state index is -0.865. The Balaban J connectivity index is 3.42. The largest absolute Gasteiger partial charge is 0.370 e. The second-order valence-corrected chi connectivity index (χ2v) is 6.11. The molecule has 0 aliphatic heterocycles. The van der Waals surface area contributed by atoms with E-state index in [0.717, 1.165) is 6.42 Å². The third kappa shape index (κ3) is 3.33. The monoisotopic (exact) mass is 294 g/mol. The van der Waals surface area contributed by atoms with Crippen molar-refractivity contribution in [3.63, 3.8) is 0 Å². The summed E-state index contributed by atoms with van der Waals surface area (Å²) in [5, 5.41) is 0. The number of ketones is 2. The lowest BCUT2D eigenvalue weighted by atomic mass is 9.72. The minimum absolute atomic E-state index is 0.161. The van der Waals surface area contributed by atoms with Crippen molar-refractivity contribution < 1.29 is 19.1 Å². The highest BCUT2D eigenvalue weighted by Gasteiger charge is 2.45. The number of carbonyl (C=O) groups is 2. The van der Waals surface area contributed by atoms with E-state index in [4.69, 9.17) is 9.47 Å². The van der Waals surface area contributed by atoms with E-state index in [1.165, 1.54) is 19.8 Å². The normalized spacial score (nSPS) is 24.8. The number of methoxy groups -OCH3 is 2. The van der Waals surface area contributed by atoms with Gasteiger partial charge in [0.2, 0.25) is 0 Å². The van der Waals surface area contributed by atoms with Crippen LogP contribution in [0.2, 0.25) is 0 Å². The average molecular weight is 294 g/mol. The fourth-order valence-corrected chi connectivity index (χ4v) is 2.99. The summed E-state index contributed by atoms with van der Waals surface area (Å²) in [6.45, 7) is 9.70. The van der Waals surface area contributed by atoms with E-state index >= 15 is 0 Å². The van der Waals surface area contributed by atoms with E-state index in [0.29, 0.717) is 11.1 Å². The van der Waals surface area contributed by atoms with Gasteiger partial charge in [0.1, 0.15) is 0 Å². The van der Waals surface area contributed by atoms with Crippen molar-refractivity contribution in [1.82, 2.24) is 0 Å². The molecule has 2 atom stereocenters. The first-order chi connectivity index (χ1) is 9.71. The van der Waals surface area contributed by atoms with Crippen LogP contribution < -0.4 is 0 Å². The van der Waals surface area contributed by atoms with Gasteiger partial charge in [0.15, 0.2) is 23.8 Å². The lowest BCUT2D eigenvalue weighted by molar-refractivity contribution is -0.147. The second kappa shape index (κ2) is 6.67. The summed E-state index contributed by atoms with van der Waals surface area (Å²) < 4.78 is 10.4. The van der Waals surface area contributed by atoms with Crippen LogP contribution in [0.25, 0.3) is 0 Å². The lowest BCUT2D eigenvalue weighted by Gasteiger charge is -2.35. The van der Waals surface area contributed by atoms with Gasteiger partial charge in [0.05, 0.1) is 0 Å². The van der Waals surface area contributed by atoms with Crippen molar-refractivity contribution >= 4 is 11.6 Å². The molecular weight excluding hydrogens is 268 g/mol. The van der Waals surface area contributed by atoms with Crippen LogP contribution in [0.1, 0.15) is 41.0 Å². The molecule has 118 valence electrons. The van der Waals surface area contributed by atoms with Gasteiger partial charge in [-0.15, -0.1) is 0 Å². The fourth-order valence-electron chi connectivity index (χ4n) is 2.99. The van der Waals surface area contributed by atoms with E-state index in [-0.39, 0.29) is 11.6 Å². The molecule has 4 nitrogen and oxygen atoms in total. The minimum Gasteiger partial charge on any atom is -0.370 e. The third-order valence-corrected chi connectivity index (χ3v) is 4.10. The van der Waals surface area contributed by atoms with Crippen molar-refractivity contribution in [2.75, 3.05) is 14.2 Å². The molecule has 1 rings (SSSR count). The molecule has 0 spiro atoms. The molecule has 2 unspecified atom stereocenters. The van der Waals surface area contributed by atoms with E-state index in [2.05, 4.69) is 13.0 Å². The van der Waals surface area contributed by atoms with Crippen molar-refractivity contribution in [3.8, 4) is 0 Å². The fraction of sp³-hybridized carbons (Fsp3) is 0.647. The Morgan fingerprint density at radius 1 is 1.14 bits per heavy atom. The maximum Gasteiger partial charge on any atom is 0.191 e. The predicted octanol–water partition coefficient (Wildman–Crippen LogP) is 2.87. The van der Waals surface area contributed by atoms with Crippen LogP contribution in [0, 0.1) is 5.41 Å². The zero-order valence-corrected chi connectivity index (χ0v) is 14.1. The molecule has 0 saturated carbocycles. The highest BCUT2D eigenvalue weighted by atomic mass is 16.5. The number of Topliss-reactive ketones (excluding diaryl/α,β-unsaturated/α-hetero) is 2. The summed E-state index contributed by atoms with van der Waals surface area (Å²) in [4.78, 5) is 25.2. The van der Waals surface area contributed by atoms with Crippen LogP contribution in [-0.2, 0) is 19.1 Å². The van der Waals surface area contributed by atoms with Crippen LogP contribution in [0.15, 0.2) is 22.8 Å². The summed E-state index contributed by atoms with van der Waals surface area (Å²) in [5.41, 5.74) is 1.68. The summed E-state index contributed by atoms with van der Waals surface area (Å²) in [6, 6.07) is 0. The molecule has 0 aromatic carbocycles. The predicted molar refractivity (Wildman–Crippen MR) is 82.1 cm³/mol. The quantitative estimate of drug-likeness (QED) is 0.732. The Morgan fingerprint density at radius 2 is 1.62 bits per heavy atom. The van der Waals surface area contributed by atoms with Crippen LogP contribution in [-0.4, -0.2) is 38.0 Å². The van der Waals surface area contributed by atoms with Gasteiger partial charge >= 0.3 is 0 Å². The first-order valence-electron chi connectivity index (χ1n) is 7.24. The Kier molecular flexibility index (Phi) is 5.65. The molecule has 1 aliphatic rings. The Bertz CT molecular complexity index is 497. The van der Waals surface area contributed by atoms with E-state index in [9.17, 15) is 9.59 Å². The van der Waals surface area contributed by atoms with E-state index < -0.39 is 17.6 Å². The molecule has 0 N–H and O–H groups in total. The van der Waals surface area contributed by atoms with Crippen molar-refractivity contribution in [2.24, 2.45) is 5.41 Å². The standard InChI is InChI=1S/C17H26O4/c1-8-10(2)9-17(4,5)12-11(3)13(18)15(20-6)16(21-7)14(12)19/h9,15-16H,8H2,1-7H3/b10-9+. The average Bonchev–Trinajstić information content (AvgIpc) is 2.41. The number of carbonyl (C=O) groups excluding carboxylic acids is 2. The second-order valence-electron chi connectivity index (χ2n) is 6.11. The zero-order chi connectivity index (χ0) is 16.4. The van der Waals surface area contributed by atoms with Gasteiger partial charge in [-0.3, -0.25) is 9.59 Å². The Hall–Kier alpha value is -1.26. The zero-order valence-electron chi connectivity index (χ0n) is 14.1. The van der Waals surface area contributed by atoms with Gasteiger partial charge in [0.25, 0.3) is 0 Å².